The van der Waals surface area contributed by atoms with Gasteiger partial charge in [0, 0.05) is 19.3 Å². The molecule has 20 heavy (non-hydrogen) atoms. The Morgan fingerprint density at radius 2 is 2.15 bits per heavy atom. The number of hydrogen-bond acceptors (Lipinski definition) is 4. The summed E-state index contributed by atoms with van der Waals surface area (Å²) in [6.07, 6.45) is 8.69. The third kappa shape index (κ3) is 4.28. The molecular formula is C15H28N4O. The first kappa shape index (κ1) is 15.4. The van der Waals surface area contributed by atoms with Gasteiger partial charge in [-0.25, -0.2) is 4.68 Å². The zero-order chi connectivity index (χ0) is 14.4. The van der Waals surface area contributed by atoms with Crippen molar-refractivity contribution in [2.45, 2.75) is 59.0 Å². The van der Waals surface area contributed by atoms with Gasteiger partial charge in [0.2, 0.25) is 0 Å². The smallest absolute Gasteiger partial charge is 0.0964 e. The van der Waals surface area contributed by atoms with Crippen molar-refractivity contribution in [3.8, 4) is 0 Å². The lowest BCUT2D eigenvalue weighted by atomic mass is 9.78. The van der Waals surface area contributed by atoms with Crippen LogP contribution in [-0.4, -0.2) is 33.3 Å². The molecule has 1 fully saturated rings. The third-order valence-corrected chi connectivity index (χ3v) is 4.23. The van der Waals surface area contributed by atoms with E-state index in [1.165, 1.54) is 32.1 Å². The van der Waals surface area contributed by atoms with Crippen molar-refractivity contribution in [3.63, 3.8) is 0 Å². The van der Waals surface area contributed by atoms with Crippen LogP contribution in [0.2, 0.25) is 0 Å². The van der Waals surface area contributed by atoms with Crippen LogP contribution in [0.4, 0.5) is 0 Å². The molecule has 5 heteroatoms. The fraction of sp³-hybridized carbons (Fsp3) is 0.867. The van der Waals surface area contributed by atoms with Gasteiger partial charge < -0.3 is 10.4 Å². The van der Waals surface area contributed by atoms with Crippen LogP contribution < -0.4 is 5.32 Å². The van der Waals surface area contributed by atoms with Crippen LogP contribution in [0.15, 0.2) is 6.20 Å². The third-order valence-electron chi connectivity index (χ3n) is 4.23. The Kier molecular flexibility index (Phi) is 5.54. The highest BCUT2D eigenvalue weighted by Crippen LogP contribution is 2.42. The summed E-state index contributed by atoms with van der Waals surface area (Å²) in [5.41, 5.74) is 1.45. The lowest BCUT2D eigenvalue weighted by Crippen LogP contribution is -2.33. The Morgan fingerprint density at radius 1 is 1.40 bits per heavy atom. The average molecular weight is 280 g/mol. The van der Waals surface area contributed by atoms with Crippen molar-refractivity contribution >= 4 is 0 Å². The standard InChI is InChI=1S/C15H28N4O/c1-13(2)9-15(5-3-4-6-15)12-16-10-14-11-19(7-8-20)18-17-14/h11,13,16,20H,3-10,12H2,1-2H3. The molecule has 1 saturated carbocycles. The van der Waals surface area contributed by atoms with E-state index < -0.39 is 0 Å². The second-order valence-electron chi connectivity index (χ2n) is 6.61. The van der Waals surface area contributed by atoms with Gasteiger partial charge in [0.15, 0.2) is 0 Å². The second-order valence-corrected chi connectivity index (χ2v) is 6.61. The largest absolute Gasteiger partial charge is 0.394 e. The Labute approximate surface area is 121 Å². The van der Waals surface area contributed by atoms with Crippen molar-refractivity contribution in [1.29, 1.82) is 0 Å². The van der Waals surface area contributed by atoms with E-state index in [1.54, 1.807) is 4.68 Å². The minimum atomic E-state index is 0.105. The summed E-state index contributed by atoms with van der Waals surface area (Å²) < 4.78 is 1.69. The Hall–Kier alpha value is -0.940. The molecule has 1 aliphatic rings. The summed E-state index contributed by atoms with van der Waals surface area (Å²) in [6.45, 7) is 7.11. The van der Waals surface area contributed by atoms with Crippen LogP contribution in [-0.2, 0) is 13.1 Å². The first-order chi connectivity index (χ1) is 9.63. The fourth-order valence-corrected chi connectivity index (χ4v) is 3.53. The number of aliphatic hydroxyl groups is 1. The molecule has 1 aliphatic carbocycles. The van der Waals surface area contributed by atoms with Crippen LogP contribution in [0, 0.1) is 11.3 Å². The van der Waals surface area contributed by atoms with E-state index in [0.29, 0.717) is 12.0 Å². The topological polar surface area (TPSA) is 63.0 Å². The minimum Gasteiger partial charge on any atom is -0.394 e. The van der Waals surface area contributed by atoms with Crippen LogP contribution in [0.1, 0.15) is 51.6 Å². The van der Waals surface area contributed by atoms with Gasteiger partial charge in [0.1, 0.15) is 0 Å². The second kappa shape index (κ2) is 7.18. The molecule has 0 saturated heterocycles. The van der Waals surface area contributed by atoms with Crippen molar-refractivity contribution in [1.82, 2.24) is 20.3 Å². The molecule has 1 aromatic rings. The van der Waals surface area contributed by atoms with Crippen molar-refractivity contribution in [3.05, 3.63) is 11.9 Å². The molecule has 2 rings (SSSR count). The molecule has 1 heterocycles. The van der Waals surface area contributed by atoms with Crippen LogP contribution in [0.3, 0.4) is 0 Å². The Bertz CT molecular complexity index is 396. The lowest BCUT2D eigenvalue weighted by Gasteiger charge is -2.31. The molecule has 0 spiro atoms. The molecule has 0 radical (unpaired) electrons. The predicted octanol–water partition coefficient (Wildman–Crippen LogP) is 1.97. The van der Waals surface area contributed by atoms with Gasteiger partial charge in [0.05, 0.1) is 18.8 Å². The summed E-state index contributed by atoms with van der Waals surface area (Å²) in [6, 6.07) is 0. The van der Waals surface area contributed by atoms with E-state index in [4.69, 9.17) is 5.11 Å². The maximum Gasteiger partial charge on any atom is 0.0964 e. The quantitative estimate of drug-likeness (QED) is 0.764. The number of hydrogen-bond donors (Lipinski definition) is 2. The number of aliphatic hydroxyl groups excluding tert-OH is 1. The van der Waals surface area contributed by atoms with Crippen molar-refractivity contribution < 1.29 is 5.11 Å². The average Bonchev–Trinajstić information content (AvgIpc) is 3.00. The zero-order valence-electron chi connectivity index (χ0n) is 12.8. The molecule has 0 unspecified atom stereocenters. The van der Waals surface area contributed by atoms with Crippen molar-refractivity contribution in [2.75, 3.05) is 13.2 Å². The van der Waals surface area contributed by atoms with Gasteiger partial charge in [0.25, 0.3) is 0 Å². The molecule has 5 nitrogen and oxygen atoms in total. The molecule has 114 valence electrons. The Morgan fingerprint density at radius 3 is 2.80 bits per heavy atom. The normalized spacial score (nSPS) is 18.0. The number of nitrogens with zero attached hydrogens (tertiary/aromatic N) is 3. The molecule has 0 atom stereocenters. The molecule has 0 bridgehead atoms. The van der Waals surface area contributed by atoms with Crippen LogP contribution in [0.25, 0.3) is 0 Å². The van der Waals surface area contributed by atoms with Crippen LogP contribution in [0.5, 0.6) is 0 Å². The first-order valence-electron chi connectivity index (χ1n) is 7.84. The summed E-state index contributed by atoms with van der Waals surface area (Å²) >= 11 is 0. The summed E-state index contributed by atoms with van der Waals surface area (Å²) in [5.74, 6) is 0.764. The number of aromatic nitrogens is 3. The number of nitrogens with one attached hydrogen (secondary N) is 1. The van der Waals surface area contributed by atoms with Crippen LogP contribution >= 0.6 is 0 Å². The number of rotatable bonds is 8. The molecule has 1 aromatic heterocycles. The molecule has 0 amide bonds. The van der Waals surface area contributed by atoms with Gasteiger partial charge >= 0.3 is 0 Å². The lowest BCUT2D eigenvalue weighted by molar-refractivity contribution is 0.223. The summed E-state index contributed by atoms with van der Waals surface area (Å²) in [5, 5.41) is 20.5. The van der Waals surface area contributed by atoms with E-state index in [9.17, 15) is 0 Å². The molecule has 0 aromatic carbocycles. The monoisotopic (exact) mass is 280 g/mol. The van der Waals surface area contributed by atoms with Gasteiger partial charge in [-0.1, -0.05) is 31.9 Å². The predicted molar refractivity (Wildman–Crippen MR) is 79.2 cm³/mol. The highest BCUT2D eigenvalue weighted by Gasteiger charge is 2.33. The molecule has 2 N–H and O–H groups in total. The maximum absolute atomic E-state index is 8.86. The summed E-state index contributed by atoms with van der Waals surface area (Å²) in [4.78, 5) is 0. The van der Waals surface area contributed by atoms with Gasteiger partial charge in [-0.05, 0) is 30.6 Å². The maximum atomic E-state index is 8.86. The molecular weight excluding hydrogens is 252 g/mol. The Balaban J connectivity index is 1.80. The van der Waals surface area contributed by atoms with E-state index in [0.717, 1.165) is 24.7 Å². The fourth-order valence-electron chi connectivity index (χ4n) is 3.53. The van der Waals surface area contributed by atoms with Gasteiger partial charge in [-0.2, -0.15) is 0 Å². The zero-order valence-corrected chi connectivity index (χ0v) is 12.8. The van der Waals surface area contributed by atoms with E-state index >= 15 is 0 Å². The van der Waals surface area contributed by atoms with E-state index in [2.05, 4.69) is 29.5 Å². The highest BCUT2D eigenvalue weighted by atomic mass is 16.3. The van der Waals surface area contributed by atoms with Gasteiger partial charge in [-0.3, -0.25) is 0 Å². The van der Waals surface area contributed by atoms with E-state index in [1.807, 2.05) is 6.20 Å². The molecule has 0 aliphatic heterocycles. The highest BCUT2D eigenvalue weighted by molar-refractivity contribution is 4.93. The van der Waals surface area contributed by atoms with Crippen molar-refractivity contribution in [2.24, 2.45) is 11.3 Å². The van der Waals surface area contributed by atoms with E-state index in [-0.39, 0.29) is 6.61 Å². The minimum absolute atomic E-state index is 0.105. The first-order valence-corrected chi connectivity index (χ1v) is 7.84. The van der Waals surface area contributed by atoms with Gasteiger partial charge in [-0.15, -0.1) is 5.10 Å². The SMILES string of the molecule is CC(C)CC1(CNCc2cn(CCO)nn2)CCCC1. The summed E-state index contributed by atoms with van der Waals surface area (Å²) in [7, 11) is 0.